The number of anilines is 1. The van der Waals surface area contributed by atoms with Gasteiger partial charge in [-0.1, -0.05) is 30.0 Å². The molecule has 74 valence electrons. The molecule has 1 aromatic rings. The smallest absolute Gasteiger partial charge is 0.109 e. The fraction of sp³-hybridized carbons (Fsp3) is 0.200. The first kappa shape index (κ1) is 10.2. The summed E-state index contributed by atoms with van der Waals surface area (Å²) in [6.07, 6.45) is 1.39. The van der Waals surface area contributed by atoms with E-state index in [2.05, 4.69) is 22.3 Å². The summed E-state index contributed by atoms with van der Waals surface area (Å²) in [5, 5.41) is 7.62. The molecule has 0 aliphatic heterocycles. The highest BCUT2D eigenvalue weighted by atomic mass is 16.5. The summed E-state index contributed by atoms with van der Waals surface area (Å²) in [6.45, 7) is 4.44. The summed E-state index contributed by atoms with van der Waals surface area (Å²) in [5.41, 5.74) is 3.72. The van der Waals surface area contributed by atoms with Crippen LogP contribution in [0.2, 0.25) is 0 Å². The number of nitrogens with one attached hydrogen (secondary N) is 1. The van der Waals surface area contributed by atoms with E-state index in [0.717, 1.165) is 5.69 Å². The van der Waals surface area contributed by atoms with Crippen molar-refractivity contribution in [2.75, 3.05) is 18.6 Å². The molecule has 0 atom stereocenters. The first-order valence-corrected chi connectivity index (χ1v) is 4.33. The molecule has 0 spiro atoms. The van der Waals surface area contributed by atoms with Crippen molar-refractivity contribution in [1.29, 1.82) is 0 Å². The van der Waals surface area contributed by atoms with E-state index in [0.29, 0.717) is 13.2 Å². The van der Waals surface area contributed by atoms with E-state index < -0.39 is 0 Å². The molecule has 0 aliphatic rings. The molecule has 0 aliphatic carbocycles. The van der Waals surface area contributed by atoms with Crippen molar-refractivity contribution < 1.29 is 4.74 Å². The van der Waals surface area contributed by atoms with Crippen molar-refractivity contribution >= 4 is 5.69 Å². The molecule has 1 N–H and O–H groups in total. The first-order chi connectivity index (χ1) is 6.93. The number of nitrogens with zero attached hydrogens (tertiary/aromatic N) is 2. The maximum absolute atomic E-state index is 4.87. The molecule has 0 saturated heterocycles. The molecule has 0 unspecified atom stereocenters. The molecule has 0 amide bonds. The van der Waals surface area contributed by atoms with Crippen LogP contribution in [-0.4, -0.2) is 13.2 Å². The molecule has 0 bridgehead atoms. The molecule has 4 nitrogen and oxygen atoms in total. The van der Waals surface area contributed by atoms with E-state index in [-0.39, 0.29) is 0 Å². The highest BCUT2D eigenvalue weighted by molar-refractivity contribution is 5.41. The zero-order valence-corrected chi connectivity index (χ0v) is 7.89. The molecular formula is C10H13N3O. The summed E-state index contributed by atoms with van der Waals surface area (Å²) < 4.78 is 4.87. The predicted octanol–water partition coefficient (Wildman–Crippen LogP) is 2.63. The second kappa shape index (κ2) is 6.65. The second-order valence-corrected chi connectivity index (χ2v) is 2.48. The lowest BCUT2D eigenvalue weighted by atomic mass is 10.3. The zero-order chi connectivity index (χ0) is 10.1. The van der Waals surface area contributed by atoms with Gasteiger partial charge in [-0.05, 0) is 12.1 Å². The molecule has 1 aromatic carbocycles. The van der Waals surface area contributed by atoms with E-state index in [1.54, 1.807) is 0 Å². The van der Waals surface area contributed by atoms with Crippen LogP contribution in [0.1, 0.15) is 0 Å². The molecule has 0 heterocycles. The van der Waals surface area contributed by atoms with E-state index >= 15 is 0 Å². The standard InChI is InChI=1S/C10H13N3O/c1-2-14-9-8-11-13-12-10-6-4-3-5-7-10/h2-7H,1,8-9H2,(H,11,12). The highest BCUT2D eigenvalue weighted by Crippen LogP contribution is 2.04. The Labute approximate surface area is 83.3 Å². The fourth-order valence-corrected chi connectivity index (χ4v) is 0.833. The molecule has 0 aromatic heterocycles. The summed E-state index contributed by atoms with van der Waals surface area (Å²) in [7, 11) is 0. The normalized spacial score (nSPS) is 10.0. The van der Waals surface area contributed by atoms with Gasteiger partial charge in [-0.3, -0.25) is 5.43 Å². The Morgan fingerprint density at radius 2 is 2.14 bits per heavy atom. The van der Waals surface area contributed by atoms with Crippen molar-refractivity contribution in [3.05, 3.63) is 43.2 Å². The minimum Gasteiger partial charge on any atom is -0.500 e. The highest BCUT2D eigenvalue weighted by Gasteiger charge is 1.84. The van der Waals surface area contributed by atoms with Gasteiger partial charge in [0.25, 0.3) is 0 Å². The second-order valence-electron chi connectivity index (χ2n) is 2.48. The maximum Gasteiger partial charge on any atom is 0.109 e. The van der Waals surface area contributed by atoms with Crippen LogP contribution in [0.4, 0.5) is 5.69 Å². The van der Waals surface area contributed by atoms with Crippen LogP contribution in [0.15, 0.2) is 53.5 Å². The lowest BCUT2D eigenvalue weighted by Gasteiger charge is -1.97. The Balaban J connectivity index is 2.17. The lowest BCUT2D eigenvalue weighted by molar-refractivity contribution is 0.259. The minimum absolute atomic E-state index is 0.503. The molecule has 0 fully saturated rings. The van der Waals surface area contributed by atoms with Gasteiger partial charge >= 0.3 is 0 Å². The summed E-state index contributed by atoms with van der Waals surface area (Å²) >= 11 is 0. The number of para-hydroxylation sites is 1. The van der Waals surface area contributed by atoms with Gasteiger partial charge in [0.1, 0.15) is 6.61 Å². The average Bonchev–Trinajstić information content (AvgIpc) is 2.25. The zero-order valence-electron chi connectivity index (χ0n) is 7.89. The molecule has 0 saturated carbocycles. The van der Waals surface area contributed by atoms with Gasteiger partial charge in [0.05, 0.1) is 18.5 Å². The van der Waals surface area contributed by atoms with Crippen LogP contribution in [0.5, 0.6) is 0 Å². The maximum atomic E-state index is 4.87. The topological polar surface area (TPSA) is 46.0 Å². The van der Waals surface area contributed by atoms with Crippen LogP contribution in [0.3, 0.4) is 0 Å². The molecule has 14 heavy (non-hydrogen) atoms. The fourth-order valence-electron chi connectivity index (χ4n) is 0.833. The van der Waals surface area contributed by atoms with Crippen molar-refractivity contribution in [2.24, 2.45) is 10.3 Å². The van der Waals surface area contributed by atoms with Gasteiger partial charge in [0, 0.05) is 0 Å². The van der Waals surface area contributed by atoms with E-state index in [1.165, 1.54) is 6.26 Å². The van der Waals surface area contributed by atoms with E-state index in [4.69, 9.17) is 4.74 Å². The summed E-state index contributed by atoms with van der Waals surface area (Å²) in [5.74, 6) is 0. The first-order valence-electron chi connectivity index (χ1n) is 4.33. The Morgan fingerprint density at radius 3 is 2.86 bits per heavy atom. The predicted molar refractivity (Wildman–Crippen MR) is 55.9 cm³/mol. The Kier molecular flexibility index (Phi) is 4.87. The third-order valence-electron chi connectivity index (χ3n) is 1.45. The third kappa shape index (κ3) is 4.25. The van der Waals surface area contributed by atoms with Crippen molar-refractivity contribution in [3.8, 4) is 0 Å². The van der Waals surface area contributed by atoms with Crippen LogP contribution < -0.4 is 5.43 Å². The number of rotatable bonds is 6. The average molecular weight is 191 g/mol. The Hall–Kier alpha value is -1.84. The van der Waals surface area contributed by atoms with Gasteiger partial charge in [-0.25, -0.2) is 0 Å². The van der Waals surface area contributed by atoms with Crippen LogP contribution in [-0.2, 0) is 4.74 Å². The SMILES string of the molecule is C=COCCN=NNc1ccccc1. The van der Waals surface area contributed by atoms with Crippen LogP contribution in [0, 0.1) is 0 Å². The van der Waals surface area contributed by atoms with Gasteiger partial charge < -0.3 is 4.74 Å². The number of hydrogen-bond donors (Lipinski definition) is 1. The molecule has 1 rings (SSSR count). The van der Waals surface area contributed by atoms with Gasteiger partial charge in [-0.15, -0.1) is 0 Å². The summed E-state index contributed by atoms with van der Waals surface area (Å²) in [4.78, 5) is 0. The minimum atomic E-state index is 0.503. The van der Waals surface area contributed by atoms with Crippen molar-refractivity contribution in [1.82, 2.24) is 0 Å². The quantitative estimate of drug-likeness (QED) is 0.325. The Bertz CT molecular complexity index is 285. The lowest BCUT2D eigenvalue weighted by Crippen LogP contribution is -1.92. The molecule has 4 heteroatoms. The largest absolute Gasteiger partial charge is 0.500 e. The summed E-state index contributed by atoms with van der Waals surface area (Å²) in [6, 6.07) is 9.64. The van der Waals surface area contributed by atoms with E-state index in [1.807, 2.05) is 30.3 Å². The van der Waals surface area contributed by atoms with Gasteiger partial charge in [0.2, 0.25) is 0 Å². The monoisotopic (exact) mass is 191 g/mol. The van der Waals surface area contributed by atoms with Gasteiger partial charge in [0.15, 0.2) is 0 Å². The number of ether oxygens (including phenoxy) is 1. The number of hydrogen-bond acceptors (Lipinski definition) is 3. The number of benzene rings is 1. The van der Waals surface area contributed by atoms with Crippen molar-refractivity contribution in [2.45, 2.75) is 0 Å². The van der Waals surface area contributed by atoms with Gasteiger partial charge in [-0.2, -0.15) is 5.11 Å². The third-order valence-corrected chi connectivity index (χ3v) is 1.45. The molecular weight excluding hydrogens is 178 g/mol. The van der Waals surface area contributed by atoms with Crippen LogP contribution >= 0.6 is 0 Å². The Morgan fingerprint density at radius 1 is 1.36 bits per heavy atom. The van der Waals surface area contributed by atoms with Crippen LogP contribution in [0.25, 0.3) is 0 Å². The molecule has 0 radical (unpaired) electrons. The van der Waals surface area contributed by atoms with Crippen molar-refractivity contribution in [3.63, 3.8) is 0 Å². The van der Waals surface area contributed by atoms with E-state index in [9.17, 15) is 0 Å².